The van der Waals surface area contributed by atoms with Gasteiger partial charge in [-0.3, -0.25) is 9.59 Å². The van der Waals surface area contributed by atoms with Crippen molar-refractivity contribution in [2.75, 3.05) is 43.5 Å². The molecule has 0 spiro atoms. The zero-order valence-corrected chi connectivity index (χ0v) is 13.9. The highest BCUT2D eigenvalue weighted by atomic mass is 16.5. The van der Waals surface area contributed by atoms with Gasteiger partial charge in [-0.1, -0.05) is 0 Å². The number of hydrogen-bond acceptors (Lipinski definition) is 6. The van der Waals surface area contributed by atoms with Crippen LogP contribution in [0.4, 0.5) is 11.6 Å². The number of ether oxygens (including phenoxy) is 1. The Morgan fingerprint density at radius 3 is 2.36 bits per heavy atom. The zero-order valence-electron chi connectivity index (χ0n) is 13.9. The fourth-order valence-corrected chi connectivity index (χ4v) is 2.55. The van der Waals surface area contributed by atoms with Crippen LogP contribution in [0.25, 0.3) is 0 Å². The molecule has 2 amide bonds. The third-order valence-electron chi connectivity index (χ3n) is 4.03. The van der Waals surface area contributed by atoms with Crippen molar-refractivity contribution in [2.24, 2.45) is 0 Å². The van der Waals surface area contributed by atoms with Gasteiger partial charge in [0.25, 0.3) is 5.91 Å². The molecule has 8 heteroatoms. The summed E-state index contributed by atoms with van der Waals surface area (Å²) in [7, 11) is 1.57. The summed E-state index contributed by atoms with van der Waals surface area (Å²) in [6.07, 6.45) is 0.862. The second kappa shape index (κ2) is 7.61. The molecule has 3 rings (SSSR count). The molecule has 2 heterocycles. The van der Waals surface area contributed by atoms with E-state index in [2.05, 4.69) is 20.4 Å². The molecule has 0 aliphatic carbocycles. The Kier molecular flexibility index (Phi) is 5.08. The Labute approximate surface area is 145 Å². The van der Waals surface area contributed by atoms with Gasteiger partial charge in [0.15, 0.2) is 11.6 Å². The van der Waals surface area contributed by atoms with E-state index in [9.17, 15) is 9.59 Å². The molecule has 1 aliphatic heterocycles. The Morgan fingerprint density at radius 2 is 1.80 bits per heavy atom. The molecule has 130 valence electrons. The topological polar surface area (TPSA) is 87.7 Å². The van der Waals surface area contributed by atoms with Crippen molar-refractivity contribution in [3.8, 4) is 5.75 Å². The average Bonchev–Trinajstić information content (AvgIpc) is 2.68. The lowest BCUT2D eigenvalue weighted by Crippen LogP contribution is -2.46. The Morgan fingerprint density at radius 1 is 1.08 bits per heavy atom. The molecular formula is C17H19N5O3. The van der Waals surface area contributed by atoms with Crippen LogP contribution < -0.4 is 15.0 Å². The van der Waals surface area contributed by atoms with Gasteiger partial charge < -0.3 is 19.9 Å². The minimum Gasteiger partial charge on any atom is -0.497 e. The molecule has 8 nitrogen and oxygen atoms in total. The second-order valence-electron chi connectivity index (χ2n) is 5.59. The molecule has 1 aromatic heterocycles. The highest BCUT2D eigenvalue weighted by Gasteiger charge is 2.17. The number of carbonyl (C=O) groups excluding carboxylic acids is 2. The van der Waals surface area contributed by atoms with Gasteiger partial charge in [-0.2, -0.15) is 0 Å². The first-order chi connectivity index (χ1) is 12.2. The Balaban J connectivity index is 1.60. The largest absolute Gasteiger partial charge is 0.497 e. The van der Waals surface area contributed by atoms with Gasteiger partial charge >= 0.3 is 0 Å². The van der Waals surface area contributed by atoms with Crippen LogP contribution in [0, 0.1) is 0 Å². The smallest absolute Gasteiger partial charge is 0.256 e. The quantitative estimate of drug-likeness (QED) is 0.817. The van der Waals surface area contributed by atoms with Gasteiger partial charge in [0, 0.05) is 31.7 Å². The molecular weight excluding hydrogens is 322 g/mol. The first kappa shape index (κ1) is 16.7. The molecule has 25 heavy (non-hydrogen) atoms. The van der Waals surface area contributed by atoms with Crippen LogP contribution in [0.15, 0.2) is 36.4 Å². The Hall–Kier alpha value is -3.16. The number of carbonyl (C=O) groups is 2. The predicted octanol–water partition coefficient (Wildman–Crippen LogP) is 1.02. The van der Waals surface area contributed by atoms with Crippen LogP contribution in [0.2, 0.25) is 0 Å². The minimum atomic E-state index is -0.260. The van der Waals surface area contributed by atoms with Gasteiger partial charge in [0.1, 0.15) is 5.75 Å². The molecule has 0 atom stereocenters. The maximum absolute atomic E-state index is 12.2. The minimum absolute atomic E-state index is 0.260. The van der Waals surface area contributed by atoms with Gasteiger partial charge in [-0.25, -0.2) is 0 Å². The lowest BCUT2D eigenvalue weighted by molar-refractivity contribution is -0.118. The molecule has 1 saturated heterocycles. The Bertz CT molecular complexity index is 725. The first-order valence-corrected chi connectivity index (χ1v) is 7.93. The highest BCUT2D eigenvalue weighted by molar-refractivity contribution is 6.03. The lowest BCUT2D eigenvalue weighted by atomic mass is 10.2. The molecule has 0 radical (unpaired) electrons. The van der Waals surface area contributed by atoms with Crippen LogP contribution in [-0.4, -0.2) is 60.7 Å². The molecule has 0 bridgehead atoms. The summed E-state index contributed by atoms with van der Waals surface area (Å²) in [4.78, 5) is 26.7. The van der Waals surface area contributed by atoms with E-state index in [-0.39, 0.29) is 5.91 Å². The monoisotopic (exact) mass is 341 g/mol. The molecule has 1 fully saturated rings. The molecule has 2 aromatic rings. The van der Waals surface area contributed by atoms with Crippen molar-refractivity contribution in [1.29, 1.82) is 0 Å². The molecule has 1 aliphatic rings. The highest BCUT2D eigenvalue weighted by Crippen LogP contribution is 2.15. The molecule has 0 unspecified atom stereocenters. The summed E-state index contributed by atoms with van der Waals surface area (Å²) >= 11 is 0. The van der Waals surface area contributed by atoms with E-state index in [1.807, 2.05) is 6.07 Å². The van der Waals surface area contributed by atoms with Crippen molar-refractivity contribution in [3.63, 3.8) is 0 Å². The maximum atomic E-state index is 12.2. The number of benzene rings is 1. The van der Waals surface area contributed by atoms with Gasteiger partial charge in [-0.15, -0.1) is 10.2 Å². The third kappa shape index (κ3) is 4.03. The van der Waals surface area contributed by atoms with E-state index in [4.69, 9.17) is 4.74 Å². The van der Waals surface area contributed by atoms with Crippen molar-refractivity contribution < 1.29 is 14.3 Å². The van der Waals surface area contributed by atoms with Gasteiger partial charge in [0.2, 0.25) is 6.41 Å². The number of rotatable bonds is 5. The summed E-state index contributed by atoms with van der Waals surface area (Å²) in [5.74, 6) is 1.55. The zero-order chi connectivity index (χ0) is 17.6. The summed E-state index contributed by atoms with van der Waals surface area (Å²) in [5.41, 5.74) is 0.511. The fraction of sp³-hybridized carbons (Fsp3) is 0.294. The van der Waals surface area contributed by atoms with E-state index in [0.29, 0.717) is 43.3 Å². The van der Waals surface area contributed by atoms with E-state index in [0.717, 1.165) is 12.2 Å². The number of nitrogens with zero attached hydrogens (tertiary/aromatic N) is 4. The van der Waals surface area contributed by atoms with E-state index < -0.39 is 0 Å². The number of anilines is 2. The SMILES string of the molecule is COc1ccc(C(=O)Nc2ccc(N3CCN(C=O)CC3)nn2)cc1. The standard InChI is InChI=1S/C17H19N5O3/c1-25-14-4-2-13(3-5-14)17(24)18-15-6-7-16(20-19-15)22-10-8-21(12-23)9-11-22/h2-7,12H,8-11H2,1H3,(H,18,19,24). The van der Waals surface area contributed by atoms with E-state index in [1.54, 1.807) is 42.3 Å². The van der Waals surface area contributed by atoms with Gasteiger partial charge in [-0.05, 0) is 36.4 Å². The van der Waals surface area contributed by atoms with Crippen molar-refractivity contribution >= 4 is 24.0 Å². The number of amides is 2. The number of methoxy groups -OCH3 is 1. The summed E-state index contributed by atoms with van der Waals surface area (Å²) < 4.78 is 5.07. The fourth-order valence-electron chi connectivity index (χ4n) is 2.55. The van der Waals surface area contributed by atoms with Crippen LogP contribution in [0.1, 0.15) is 10.4 Å². The summed E-state index contributed by atoms with van der Waals surface area (Å²) in [6, 6.07) is 10.3. The number of aromatic nitrogens is 2. The maximum Gasteiger partial charge on any atom is 0.256 e. The van der Waals surface area contributed by atoms with Gasteiger partial charge in [0.05, 0.1) is 7.11 Å². The second-order valence-corrected chi connectivity index (χ2v) is 5.59. The number of piperazine rings is 1. The third-order valence-corrected chi connectivity index (χ3v) is 4.03. The van der Waals surface area contributed by atoms with E-state index in [1.165, 1.54) is 0 Å². The predicted molar refractivity (Wildman–Crippen MR) is 92.8 cm³/mol. The van der Waals surface area contributed by atoms with E-state index >= 15 is 0 Å². The first-order valence-electron chi connectivity index (χ1n) is 7.93. The lowest BCUT2D eigenvalue weighted by Gasteiger charge is -2.32. The summed E-state index contributed by atoms with van der Waals surface area (Å²) in [6.45, 7) is 2.76. The van der Waals surface area contributed by atoms with Crippen LogP contribution in [0.3, 0.4) is 0 Å². The normalized spacial score (nSPS) is 14.1. The van der Waals surface area contributed by atoms with Crippen molar-refractivity contribution in [2.45, 2.75) is 0 Å². The molecule has 0 saturated carbocycles. The van der Waals surface area contributed by atoms with Crippen molar-refractivity contribution in [3.05, 3.63) is 42.0 Å². The number of hydrogen-bond donors (Lipinski definition) is 1. The summed E-state index contributed by atoms with van der Waals surface area (Å²) in [5, 5.41) is 10.9. The number of nitrogens with one attached hydrogen (secondary N) is 1. The van der Waals surface area contributed by atoms with Crippen LogP contribution in [0.5, 0.6) is 5.75 Å². The van der Waals surface area contributed by atoms with Crippen LogP contribution >= 0.6 is 0 Å². The molecule has 1 N–H and O–H groups in total. The molecule has 1 aromatic carbocycles. The van der Waals surface area contributed by atoms with Crippen LogP contribution in [-0.2, 0) is 4.79 Å². The van der Waals surface area contributed by atoms with Crippen molar-refractivity contribution in [1.82, 2.24) is 15.1 Å². The average molecular weight is 341 g/mol.